The third kappa shape index (κ3) is 3.83. The second-order valence-corrected chi connectivity index (χ2v) is 6.67. The number of nitrogens with zero attached hydrogens (tertiary/aromatic N) is 2. The van der Waals surface area contributed by atoms with Crippen LogP contribution in [0, 0.1) is 6.92 Å². The third-order valence-corrected chi connectivity index (χ3v) is 4.66. The first-order valence-electron chi connectivity index (χ1n) is 7.66. The molecule has 2 heterocycles. The molecule has 128 valence electrons. The zero-order valence-electron chi connectivity index (χ0n) is 14.0. The molecule has 3 aromatic rings. The Bertz CT molecular complexity index is 929. The average Bonchev–Trinajstić information content (AvgIpc) is 3.24. The molecule has 0 aliphatic carbocycles. The molecule has 0 radical (unpaired) electrons. The first-order chi connectivity index (χ1) is 11.9. The second kappa shape index (κ2) is 6.98. The first kappa shape index (κ1) is 17.0. The van der Waals surface area contributed by atoms with Gasteiger partial charge in [-0.25, -0.2) is 4.79 Å². The van der Waals surface area contributed by atoms with Crippen molar-refractivity contribution in [3.8, 4) is 11.5 Å². The van der Waals surface area contributed by atoms with Gasteiger partial charge < -0.3 is 9.15 Å². The molecule has 0 aliphatic heterocycles. The van der Waals surface area contributed by atoms with E-state index < -0.39 is 12.1 Å². The number of thiophene rings is 1. The van der Waals surface area contributed by atoms with Crippen LogP contribution in [0.3, 0.4) is 0 Å². The Hall–Kier alpha value is -2.80. The standard InChI is InChI=1S/C18H16N2O4S/c1-10-5-4-6-13(9-10)17-20-19-16(24-17)12(3)23-18(22)15-8-7-14(25-15)11(2)21/h4-9,12H,1-3H3. The predicted octanol–water partition coefficient (Wildman–Crippen LogP) is 4.23. The van der Waals surface area contributed by atoms with E-state index in [9.17, 15) is 9.59 Å². The van der Waals surface area contributed by atoms with Crippen molar-refractivity contribution in [3.05, 3.63) is 57.6 Å². The number of carbonyl (C=O) groups excluding carboxylic acids is 2. The number of benzene rings is 1. The number of Topliss-reactive ketones (excluding diaryl/α,β-unsaturated/α-hetero) is 1. The molecule has 0 spiro atoms. The number of aromatic nitrogens is 2. The van der Waals surface area contributed by atoms with Gasteiger partial charge in [-0.1, -0.05) is 17.7 Å². The van der Waals surface area contributed by atoms with Crippen LogP contribution in [0.1, 0.15) is 50.7 Å². The Morgan fingerprint density at radius 3 is 2.60 bits per heavy atom. The summed E-state index contributed by atoms with van der Waals surface area (Å²) in [4.78, 5) is 24.4. The van der Waals surface area contributed by atoms with Crippen LogP contribution in [0.5, 0.6) is 0 Å². The number of ether oxygens (including phenoxy) is 1. The van der Waals surface area contributed by atoms with Crippen molar-refractivity contribution >= 4 is 23.1 Å². The minimum Gasteiger partial charge on any atom is -0.448 e. The fourth-order valence-corrected chi connectivity index (χ4v) is 2.98. The Morgan fingerprint density at radius 1 is 1.16 bits per heavy atom. The van der Waals surface area contributed by atoms with E-state index in [1.807, 2.05) is 31.2 Å². The van der Waals surface area contributed by atoms with Crippen molar-refractivity contribution in [2.24, 2.45) is 0 Å². The van der Waals surface area contributed by atoms with Crippen LogP contribution in [0.25, 0.3) is 11.5 Å². The zero-order chi connectivity index (χ0) is 18.0. The van der Waals surface area contributed by atoms with Gasteiger partial charge in [0, 0.05) is 5.56 Å². The van der Waals surface area contributed by atoms with E-state index in [1.54, 1.807) is 19.1 Å². The fraction of sp³-hybridized carbons (Fsp3) is 0.222. The van der Waals surface area contributed by atoms with Crippen molar-refractivity contribution in [1.82, 2.24) is 10.2 Å². The number of aryl methyl sites for hydroxylation is 1. The van der Waals surface area contributed by atoms with Gasteiger partial charge in [0.05, 0.1) is 4.88 Å². The Kier molecular flexibility index (Phi) is 4.76. The summed E-state index contributed by atoms with van der Waals surface area (Å²) in [5, 5.41) is 7.96. The van der Waals surface area contributed by atoms with E-state index in [4.69, 9.17) is 9.15 Å². The Balaban J connectivity index is 1.72. The SMILES string of the molecule is CC(=O)c1ccc(C(=O)OC(C)c2nnc(-c3cccc(C)c3)o2)s1. The summed E-state index contributed by atoms with van der Waals surface area (Å²) in [7, 11) is 0. The van der Waals surface area contributed by atoms with Gasteiger partial charge >= 0.3 is 5.97 Å². The van der Waals surface area contributed by atoms with Crippen molar-refractivity contribution in [1.29, 1.82) is 0 Å². The molecule has 7 heteroatoms. The summed E-state index contributed by atoms with van der Waals surface area (Å²) in [5.41, 5.74) is 1.89. The van der Waals surface area contributed by atoms with Crippen molar-refractivity contribution in [2.45, 2.75) is 26.9 Å². The fourth-order valence-electron chi connectivity index (χ4n) is 2.20. The van der Waals surface area contributed by atoms with Gasteiger partial charge in [-0.15, -0.1) is 21.5 Å². The number of carbonyl (C=O) groups is 2. The molecule has 0 N–H and O–H groups in total. The molecule has 1 atom stereocenters. The van der Waals surface area contributed by atoms with Crippen LogP contribution < -0.4 is 0 Å². The van der Waals surface area contributed by atoms with E-state index in [1.165, 1.54) is 6.92 Å². The molecule has 0 bridgehead atoms. The molecule has 1 aromatic carbocycles. The summed E-state index contributed by atoms with van der Waals surface area (Å²) < 4.78 is 11.0. The van der Waals surface area contributed by atoms with Crippen molar-refractivity contribution in [3.63, 3.8) is 0 Å². The predicted molar refractivity (Wildman–Crippen MR) is 92.6 cm³/mol. The molecule has 0 fully saturated rings. The minimum atomic E-state index is -0.693. The Labute approximate surface area is 148 Å². The van der Waals surface area contributed by atoms with E-state index in [0.29, 0.717) is 15.6 Å². The summed E-state index contributed by atoms with van der Waals surface area (Å²) in [6.07, 6.45) is -0.693. The van der Waals surface area contributed by atoms with E-state index in [-0.39, 0.29) is 11.7 Å². The smallest absolute Gasteiger partial charge is 0.349 e. The molecule has 6 nitrogen and oxygen atoms in total. The van der Waals surface area contributed by atoms with Crippen LogP contribution in [0.2, 0.25) is 0 Å². The van der Waals surface area contributed by atoms with E-state index >= 15 is 0 Å². The molecular weight excluding hydrogens is 340 g/mol. The molecule has 3 rings (SSSR count). The minimum absolute atomic E-state index is 0.0863. The number of rotatable bonds is 5. The van der Waals surface area contributed by atoms with Gasteiger partial charge in [0.15, 0.2) is 11.9 Å². The van der Waals surface area contributed by atoms with Gasteiger partial charge in [0.2, 0.25) is 5.89 Å². The lowest BCUT2D eigenvalue weighted by atomic mass is 10.1. The third-order valence-electron chi connectivity index (χ3n) is 3.49. The van der Waals surface area contributed by atoms with Gasteiger partial charge in [-0.05, 0) is 45.0 Å². The summed E-state index contributed by atoms with van der Waals surface area (Å²) in [6.45, 7) is 5.08. The van der Waals surface area contributed by atoms with E-state index in [2.05, 4.69) is 10.2 Å². The monoisotopic (exact) mass is 356 g/mol. The number of ketones is 1. The van der Waals surface area contributed by atoms with Gasteiger partial charge in [-0.2, -0.15) is 0 Å². The zero-order valence-corrected chi connectivity index (χ0v) is 14.8. The number of esters is 1. The average molecular weight is 356 g/mol. The lowest BCUT2D eigenvalue weighted by Gasteiger charge is -2.07. The maximum atomic E-state index is 12.2. The molecule has 25 heavy (non-hydrogen) atoms. The van der Waals surface area contributed by atoms with Crippen LogP contribution in [-0.4, -0.2) is 21.9 Å². The largest absolute Gasteiger partial charge is 0.448 e. The topological polar surface area (TPSA) is 82.3 Å². The number of hydrogen-bond donors (Lipinski definition) is 0. The number of hydrogen-bond acceptors (Lipinski definition) is 7. The van der Waals surface area contributed by atoms with Crippen molar-refractivity contribution in [2.75, 3.05) is 0 Å². The molecule has 0 saturated carbocycles. The molecular formula is C18H16N2O4S. The molecule has 0 saturated heterocycles. The molecule has 0 amide bonds. The first-order valence-corrected chi connectivity index (χ1v) is 8.48. The molecule has 2 aromatic heterocycles. The summed E-state index contributed by atoms with van der Waals surface area (Å²) in [5.74, 6) is -0.0260. The van der Waals surface area contributed by atoms with Gasteiger partial charge in [0.25, 0.3) is 5.89 Å². The lowest BCUT2D eigenvalue weighted by molar-refractivity contribution is 0.0285. The second-order valence-electron chi connectivity index (χ2n) is 5.58. The highest BCUT2D eigenvalue weighted by Crippen LogP contribution is 2.25. The normalized spacial score (nSPS) is 12.0. The van der Waals surface area contributed by atoms with Gasteiger partial charge in [0.1, 0.15) is 4.88 Å². The van der Waals surface area contributed by atoms with E-state index in [0.717, 1.165) is 22.5 Å². The van der Waals surface area contributed by atoms with Gasteiger partial charge in [-0.3, -0.25) is 4.79 Å². The maximum absolute atomic E-state index is 12.2. The van der Waals surface area contributed by atoms with Crippen LogP contribution in [0.4, 0.5) is 0 Å². The highest BCUT2D eigenvalue weighted by molar-refractivity contribution is 7.15. The maximum Gasteiger partial charge on any atom is 0.349 e. The molecule has 0 aliphatic rings. The lowest BCUT2D eigenvalue weighted by Crippen LogP contribution is -2.08. The highest BCUT2D eigenvalue weighted by atomic mass is 32.1. The highest BCUT2D eigenvalue weighted by Gasteiger charge is 2.21. The summed E-state index contributed by atoms with van der Waals surface area (Å²) >= 11 is 1.10. The Morgan fingerprint density at radius 2 is 1.92 bits per heavy atom. The van der Waals surface area contributed by atoms with Crippen LogP contribution in [0.15, 0.2) is 40.8 Å². The quantitative estimate of drug-likeness (QED) is 0.503. The summed E-state index contributed by atoms with van der Waals surface area (Å²) in [6, 6.07) is 10.9. The van der Waals surface area contributed by atoms with Crippen molar-refractivity contribution < 1.29 is 18.7 Å². The van der Waals surface area contributed by atoms with Crippen LogP contribution in [-0.2, 0) is 4.74 Å². The molecule has 1 unspecified atom stereocenters. The van der Waals surface area contributed by atoms with Crippen LogP contribution >= 0.6 is 11.3 Å².